The van der Waals surface area contributed by atoms with E-state index in [2.05, 4.69) is 10.3 Å². The number of amides is 1. The Bertz CT molecular complexity index is 451. The van der Waals surface area contributed by atoms with E-state index in [1.165, 1.54) is 19.2 Å². The van der Waals surface area contributed by atoms with Gasteiger partial charge in [0.05, 0.1) is 10.6 Å². The highest BCUT2D eigenvalue weighted by Crippen LogP contribution is 2.19. The molecule has 8 nitrogen and oxygen atoms in total. The third-order valence-electron chi connectivity index (χ3n) is 2.20. The lowest BCUT2D eigenvalue weighted by Crippen LogP contribution is -2.34. The number of aliphatic hydroxyl groups excluding tert-OH is 2. The van der Waals surface area contributed by atoms with Gasteiger partial charge in [-0.15, -0.1) is 0 Å². The number of hydrogen-bond acceptors (Lipinski definition) is 6. The molecule has 0 spiro atoms. The van der Waals surface area contributed by atoms with Crippen LogP contribution in [-0.2, 0) is 4.79 Å². The monoisotopic (exact) mass is 255 g/mol. The molecule has 0 saturated carbocycles. The minimum absolute atomic E-state index is 0.0259. The van der Waals surface area contributed by atoms with Crippen LogP contribution in [0.25, 0.3) is 0 Å². The number of carbonyl (C=O) groups excluding carboxylic acids is 1. The van der Waals surface area contributed by atoms with Gasteiger partial charge in [-0.3, -0.25) is 19.9 Å². The highest BCUT2D eigenvalue weighted by molar-refractivity contribution is 5.72. The lowest BCUT2D eigenvalue weighted by Gasteiger charge is -2.17. The van der Waals surface area contributed by atoms with Crippen LogP contribution in [0.5, 0.6) is 0 Å². The van der Waals surface area contributed by atoms with Gasteiger partial charge < -0.3 is 15.5 Å². The molecule has 2 unspecified atom stereocenters. The Hall–Kier alpha value is -2.06. The van der Waals surface area contributed by atoms with Gasteiger partial charge >= 0.3 is 0 Å². The van der Waals surface area contributed by atoms with Gasteiger partial charge in [-0.05, 0) is 0 Å². The Morgan fingerprint density at radius 1 is 1.61 bits per heavy atom. The van der Waals surface area contributed by atoms with Gasteiger partial charge in [-0.25, -0.2) is 0 Å². The largest absolute Gasteiger partial charge is 0.388 e. The predicted molar refractivity (Wildman–Crippen MR) is 60.5 cm³/mol. The molecule has 0 radical (unpaired) electrons. The van der Waals surface area contributed by atoms with E-state index in [1.54, 1.807) is 0 Å². The number of aliphatic hydroxyl groups is 2. The number of carbonyl (C=O) groups is 1. The van der Waals surface area contributed by atoms with Crippen LogP contribution in [0.2, 0.25) is 0 Å². The minimum Gasteiger partial charge on any atom is -0.388 e. The Kier molecular flexibility index (Phi) is 4.69. The zero-order valence-electron chi connectivity index (χ0n) is 9.61. The van der Waals surface area contributed by atoms with Crippen LogP contribution in [0.15, 0.2) is 18.3 Å². The molecule has 0 aliphatic heterocycles. The molecular formula is C10H13N3O5. The van der Waals surface area contributed by atoms with Crippen molar-refractivity contribution in [1.29, 1.82) is 0 Å². The SMILES string of the molecule is CC(=O)NCC(O)C(O)c1cc([N+](=O)[O-])ccn1. The summed E-state index contributed by atoms with van der Waals surface area (Å²) in [7, 11) is 0. The van der Waals surface area contributed by atoms with Crippen LogP contribution in [0.3, 0.4) is 0 Å². The van der Waals surface area contributed by atoms with Crippen molar-refractivity contribution in [3.8, 4) is 0 Å². The second-order valence-corrected chi connectivity index (χ2v) is 3.65. The summed E-state index contributed by atoms with van der Waals surface area (Å²) >= 11 is 0. The molecular weight excluding hydrogens is 242 g/mol. The number of hydrogen-bond donors (Lipinski definition) is 3. The fourth-order valence-electron chi connectivity index (χ4n) is 1.27. The average molecular weight is 255 g/mol. The van der Waals surface area contributed by atoms with E-state index in [9.17, 15) is 25.1 Å². The lowest BCUT2D eigenvalue weighted by atomic mass is 10.1. The van der Waals surface area contributed by atoms with Gasteiger partial charge in [-0.2, -0.15) is 0 Å². The third kappa shape index (κ3) is 3.75. The molecule has 0 bridgehead atoms. The van der Waals surface area contributed by atoms with Crippen molar-refractivity contribution < 1.29 is 19.9 Å². The van der Waals surface area contributed by atoms with Crippen LogP contribution in [0, 0.1) is 10.1 Å². The van der Waals surface area contributed by atoms with E-state index in [4.69, 9.17) is 0 Å². The van der Waals surface area contributed by atoms with E-state index >= 15 is 0 Å². The minimum atomic E-state index is -1.41. The summed E-state index contributed by atoms with van der Waals surface area (Å²) in [6.07, 6.45) is -1.53. The summed E-state index contributed by atoms with van der Waals surface area (Å²) in [5, 5.41) is 32.2. The first-order valence-corrected chi connectivity index (χ1v) is 5.12. The molecule has 18 heavy (non-hydrogen) atoms. The summed E-state index contributed by atoms with van der Waals surface area (Å²) in [5.41, 5.74) is -0.257. The lowest BCUT2D eigenvalue weighted by molar-refractivity contribution is -0.385. The van der Waals surface area contributed by atoms with Crippen LogP contribution >= 0.6 is 0 Å². The van der Waals surface area contributed by atoms with Crippen LogP contribution in [-0.4, -0.2) is 38.7 Å². The Labute approximate surface area is 102 Å². The zero-order valence-corrected chi connectivity index (χ0v) is 9.61. The van der Waals surface area contributed by atoms with Gasteiger partial charge in [0.2, 0.25) is 5.91 Å². The van der Waals surface area contributed by atoms with Crippen molar-refractivity contribution in [3.63, 3.8) is 0 Å². The fraction of sp³-hybridized carbons (Fsp3) is 0.400. The molecule has 8 heteroatoms. The standard InChI is InChI=1S/C10H13N3O5/c1-6(14)12-5-9(15)10(16)8-4-7(13(17)18)2-3-11-8/h2-4,9-10,15-16H,5H2,1H3,(H,12,14). The van der Waals surface area contributed by atoms with Crippen molar-refractivity contribution in [2.45, 2.75) is 19.1 Å². The molecule has 1 amide bonds. The Morgan fingerprint density at radius 3 is 2.83 bits per heavy atom. The average Bonchev–Trinajstić information content (AvgIpc) is 2.35. The number of nitro groups is 1. The molecule has 1 heterocycles. The van der Waals surface area contributed by atoms with Crippen molar-refractivity contribution >= 4 is 11.6 Å². The molecule has 2 atom stereocenters. The Morgan fingerprint density at radius 2 is 2.28 bits per heavy atom. The first-order chi connectivity index (χ1) is 8.41. The topological polar surface area (TPSA) is 126 Å². The smallest absolute Gasteiger partial charge is 0.272 e. The molecule has 0 aliphatic carbocycles. The summed E-state index contributed by atoms with van der Waals surface area (Å²) in [5.74, 6) is -0.353. The van der Waals surface area contributed by atoms with Gasteiger partial charge in [0.25, 0.3) is 5.69 Å². The van der Waals surface area contributed by atoms with E-state index in [1.807, 2.05) is 0 Å². The number of nitrogens with zero attached hydrogens (tertiary/aromatic N) is 2. The van der Waals surface area contributed by atoms with Gasteiger partial charge in [0, 0.05) is 31.8 Å². The summed E-state index contributed by atoms with van der Waals surface area (Å²) in [4.78, 5) is 24.3. The number of nitrogens with one attached hydrogen (secondary N) is 1. The van der Waals surface area contributed by atoms with Gasteiger partial charge in [0.1, 0.15) is 12.2 Å². The van der Waals surface area contributed by atoms with E-state index < -0.39 is 17.1 Å². The number of rotatable bonds is 5. The molecule has 0 aromatic carbocycles. The first-order valence-electron chi connectivity index (χ1n) is 5.12. The number of pyridine rings is 1. The highest BCUT2D eigenvalue weighted by Gasteiger charge is 2.21. The fourth-order valence-corrected chi connectivity index (χ4v) is 1.27. The van der Waals surface area contributed by atoms with Crippen molar-refractivity contribution in [3.05, 3.63) is 34.1 Å². The molecule has 0 aliphatic rings. The van der Waals surface area contributed by atoms with Crippen LogP contribution in [0.4, 0.5) is 5.69 Å². The zero-order chi connectivity index (χ0) is 13.7. The Balaban J connectivity index is 2.76. The third-order valence-corrected chi connectivity index (χ3v) is 2.20. The summed E-state index contributed by atoms with van der Waals surface area (Å²) in [6.45, 7) is 1.10. The quantitative estimate of drug-likeness (QED) is 0.482. The number of aromatic nitrogens is 1. The molecule has 1 aromatic rings. The van der Waals surface area contributed by atoms with E-state index in [0.717, 1.165) is 6.07 Å². The van der Waals surface area contributed by atoms with Crippen LogP contribution < -0.4 is 5.32 Å². The van der Waals surface area contributed by atoms with Crippen molar-refractivity contribution in [2.24, 2.45) is 0 Å². The van der Waals surface area contributed by atoms with E-state index in [0.29, 0.717) is 0 Å². The van der Waals surface area contributed by atoms with Crippen molar-refractivity contribution in [1.82, 2.24) is 10.3 Å². The predicted octanol–water partition coefficient (Wildman–Crippen LogP) is -0.480. The summed E-state index contributed by atoms with van der Waals surface area (Å²) < 4.78 is 0. The molecule has 98 valence electrons. The molecule has 1 aromatic heterocycles. The maximum Gasteiger partial charge on any atom is 0.272 e. The maximum atomic E-state index is 10.6. The van der Waals surface area contributed by atoms with Gasteiger partial charge in [0.15, 0.2) is 0 Å². The van der Waals surface area contributed by atoms with Gasteiger partial charge in [-0.1, -0.05) is 0 Å². The molecule has 0 saturated heterocycles. The first kappa shape index (κ1) is 14.0. The molecule has 1 rings (SSSR count). The van der Waals surface area contributed by atoms with E-state index in [-0.39, 0.29) is 23.8 Å². The van der Waals surface area contributed by atoms with Crippen molar-refractivity contribution in [2.75, 3.05) is 6.54 Å². The van der Waals surface area contributed by atoms with Crippen LogP contribution in [0.1, 0.15) is 18.7 Å². The highest BCUT2D eigenvalue weighted by atomic mass is 16.6. The molecule has 0 fully saturated rings. The second-order valence-electron chi connectivity index (χ2n) is 3.65. The maximum absolute atomic E-state index is 10.6. The normalized spacial score (nSPS) is 13.7. The second kappa shape index (κ2) is 6.03. The summed E-state index contributed by atoms with van der Waals surface area (Å²) in [6, 6.07) is 2.25. The molecule has 3 N–H and O–H groups in total.